The molecule has 29 heavy (non-hydrogen) atoms. The molecular formula is C23H31N3O3. The van der Waals surface area contributed by atoms with Crippen LogP contribution in [0, 0.1) is 12.8 Å². The van der Waals surface area contributed by atoms with Crippen molar-refractivity contribution in [3.8, 4) is 0 Å². The van der Waals surface area contributed by atoms with Crippen molar-refractivity contribution in [1.29, 1.82) is 0 Å². The van der Waals surface area contributed by atoms with E-state index in [2.05, 4.69) is 4.98 Å². The Morgan fingerprint density at radius 1 is 1.21 bits per heavy atom. The van der Waals surface area contributed by atoms with Gasteiger partial charge in [0.15, 0.2) is 0 Å². The fourth-order valence-electron chi connectivity index (χ4n) is 3.78. The van der Waals surface area contributed by atoms with Gasteiger partial charge in [-0.2, -0.15) is 0 Å². The maximum absolute atomic E-state index is 13.2. The second-order valence-electron chi connectivity index (χ2n) is 8.92. The number of rotatable bonds is 3. The van der Waals surface area contributed by atoms with E-state index >= 15 is 0 Å². The molecule has 156 valence electrons. The minimum atomic E-state index is -0.493. The van der Waals surface area contributed by atoms with Gasteiger partial charge in [0, 0.05) is 37.8 Å². The summed E-state index contributed by atoms with van der Waals surface area (Å²) in [5.41, 5.74) is 1.93. The number of carbonyl (C=O) groups is 2. The largest absolute Gasteiger partial charge is 0.444 e. The third-order valence-electron chi connectivity index (χ3n) is 5.21. The highest BCUT2D eigenvalue weighted by molar-refractivity contribution is 6.06. The molecule has 0 saturated carbocycles. The molecule has 2 heterocycles. The molecule has 0 aliphatic carbocycles. The minimum absolute atomic E-state index is 0.0608. The van der Waals surface area contributed by atoms with E-state index in [0.29, 0.717) is 25.6 Å². The number of carbonyl (C=O) groups excluding carboxylic acids is 2. The van der Waals surface area contributed by atoms with E-state index in [-0.39, 0.29) is 12.0 Å². The monoisotopic (exact) mass is 397 g/mol. The molecule has 0 unspecified atom stereocenters. The Bertz CT molecular complexity index is 896. The van der Waals surface area contributed by atoms with Crippen LogP contribution < -0.4 is 0 Å². The topological polar surface area (TPSA) is 62.7 Å². The quantitative estimate of drug-likeness (QED) is 0.776. The molecule has 0 atom stereocenters. The predicted octanol–water partition coefficient (Wildman–Crippen LogP) is 4.26. The van der Waals surface area contributed by atoms with Crippen LogP contribution in [0.4, 0.5) is 4.79 Å². The summed E-state index contributed by atoms with van der Waals surface area (Å²) >= 11 is 0. The van der Waals surface area contributed by atoms with Crippen molar-refractivity contribution in [1.82, 2.24) is 14.8 Å². The fourth-order valence-corrected chi connectivity index (χ4v) is 3.78. The van der Waals surface area contributed by atoms with Gasteiger partial charge in [-0.25, -0.2) is 4.79 Å². The molecule has 0 bridgehead atoms. The van der Waals surface area contributed by atoms with Crippen molar-refractivity contribution in [2.75, 3.05) is 26.7 Å². The van der Waals surface area contributed by atoms with Gasteiger partial charge >= 0.3 is 6.09 Å². The maximum atomic E-state index is 13.2. The zero-order valence-corrected chi connectivity index (χ0v) is 18.1. The van der Waals surface area contributed by atoms with E-state index in [9.17, 15) is 9.59 Å². The van der Waals surface area contributed by atoms with Crippen molar-refractivity contribution in [2.45, 2.75) is 46.1 Å². The lowest BCUT2D eigenvalue weighted by Gasteiger charge is -2.34. The number of hydrogen-bond donors (Lipinski definition) is 0. The van der Waals surface area contributed by atoms with Crippen LogP contribution in [0.15, 0.2) is 30.3 Å². The van der Waals surface area contributed by atoms with Crippen LogP contribution in [-0.4, -0.2) is 59.1 Å². The highest BCUT2D eigenvalue weighted by atomic mass is 16.6. The standard InChI is InChI=1S/C23H31N3O3/c1-16-14-19(18-8-6-7-9-20(18)24-16)21(27)26-12-10-17(11-13-26)15-25(5)22(28)29-23(2,3)4/h6-9,14,17H,10-13,15H2,1-5H3. The lowest BCUT2D eigenvalue weighted by Crippen LogP contribution is -2.43. The Balaban J connectivity index is 1.61. The normalized spacial score (nSPS) is 15.4. The van der Waals surface area contributed by atoms with E-state index in [1.165, 1.54) is 0 Å². The summed E-state index contributed by atoms with van der Waals surface area (Å²) < 4.78 is 5.43. The van der Waals surface area contributed by atoms with Crippen LogP contribution in [0.2, 0.25) is 0 Å². The number of para-hydroxylation sites is 1. The van der Waals surface area contributed by atoms with Gasteiger partial charge in [0.25, 0.3) is 5.91 Å². The van der Waals surface area contributed by atoms with E-state index < -0.39 is 5.60 Å². The summed E-state index contributed by atoms with van der Waals surface area (Å²) in [5.74, 6) is 0.429. The average molecular weight is 398 g/mol. The van der Waals surface area contributed by atoms with Gasteiger partial charge in [0.2, 0.25) is 0 Å². The summed E-state index contributed by atoms with van der Waals surface area (Å²) in [5, 5.41) is 0.898. The third kappa shape index (κ3) is 5.25. The number of aromatic nitrogens is 1. The molecule has 0 N–H and O–H groups in total. The summed E-state index contributed by atoms with van der Waals surface area (Å²) in [7, 11) is 1.78. The first-order chi connectivity index (χ1) is 13.6. The van der Waals surface area contributed by atoms with E-state index in [4.69, 9.17) is 4.74 Å². The molecule has 1 saturated heterocycles. The zero-order chi connectivity index (χ0) is 21.2. The van der Waals surface area contributed by atoms with Crippen LogP contribution in [0.25, 0.3) is 10.9 Å². The van der Waals surface area contributed by atoms with Crippen LogP contribution in [-0.2, 0) is 4.74 Å². The number of fused-ring (bicyclic) bond motifs is 1. The third-order valence-corrected chi connectivity index (χ3v) is 5.21. The molecule has 1 aromatic carbocycles. The molecule has 1 aliphatic rings. The van der Waals surface area contributed by atoms with Gasteiger partial charge in [-0.3, -0.25) is 9.78 Å². The minimum Gasteiger partial charge on any atom is -0.444 e. The fraction of sp³-hybridized carbons (Fsp3) is 0.522. The van der Waals surface area contributed by atoms with Crippen molar-refractivity contribution in [3.63, 3.8) is 0 Å². The molecule has 2 amide bonds. The number of hydrogen-bond acceptors (Lipinski definition) is 4. The molecule has 1 aromatic heterocycles. The van der Waals surface area contributed by atoms with Crippen molar-refractivity contribution in [2.24, 2.45) is 5.92 Å². The highest BCUT2D eigenvalue weighted by Crippen LogP contribution is 2.24. The van der Waals surface area contributed by atoms with Gasteiger partial charge in [-0.1, -0.05) is 18.2 Å². The van der Waals surface area contributed by atoms with E-state index in [0.717, 1.165) is 35.0 Å². The van der Waals surface area contributed by atoms with Crippen LogP contribution in [0.3, 0.4) is 0 Å². The molecule has 3 rings (SSSR count). The van der Waals surface area contributed by atoms with Gasteiger partial charge in [-0.15, -0.1) is 0 Å². The zero-order valence-electron chi connectivity index (χ0n) is 18.1. The second-order valence-corrected chi connectivity index (χ2v) is 8.92. The molecule has 1 aliphatic heterocycles. The average Bonchev–Trinajstić information content (AvgIpc) is 2.66. The Labute approximate surface area is 172 Å². The summed E-state index contributed by atoms with van der Waals surface area (Å²) in [6, 6.07) is 9.66. The number of amides is 2. The first kappa shape index (κ1) is 21.1. The SMILES string of the molecule is Cc1cc(C(=O)N2CCC(CN(C)C(=O)OC(C)(C)C)CC2)c2ccccc2n1. The molecular weight excluding hydrogens is 366 g/mol. The van der Waals surface area contributed by atoms with E-state index in [1.54, 1.807) is 11.9 Å². The second kappa shape index (κ2) is 8.39. The lowest BCUT2D eigenvalue weighted by molar-refractivity contribution is 0.0246. The molecule has 1 fully saturated rings. The lowest BCUT2D eigenvalue weighted by atomic mass is 9.95. The van der Waals surface area contributed by atoms with Crippen LogP contribution in [0.5, 0.6) is 0 Å². The van der Waals surface area contributed by atoms with Crippen LogP contribution >= 0.6 is 0 Å². The first-order valence-electron chi connectivity index (χ1n) is 10.2. The predicted molar refractivity (Wildman–Crippen MR) is 114 cm³/mol. The van der Waals surface area contributed by atoms with Gasteiger partial charge in [0.1, 0.15) is 5.60 Å². The summed E-state index contributed by atoms with van der Waals surface area (Å²) in [4.78, 5) is 33.5. The van der Waals surface area contributed by atoms with Crippen LogP contribution in [0.1, 0.15) is 49.7 Å². The number of piperidine rings is 1. The molecule has 0 spiro atoms. The Morgan fingerprint density at radius 3 is 2.52 bits per heavy atom. The number of benzene rings is 1. The smallest absolute Gasteiger partial charge is 0.410 e. The number of aryl methyl sites for hydroxylation is 1. The number of likely N-dealkylation sites (tertiary alicyclic amines) is 1. The summed E-state index contributed by atoms with van der Waals surface area (Å²) in [6.07, 6.45) is 1.46. The van der Waals surface area contributed by atoms with Gasteiger partial charge in [0.05, 0.1) is 11.1 Å². The van der Waals surface area contributed by atoms with E-state index in [1.807, 2.05) is 62.9 Å². The number of nitrogens with zero attached hydrogens (tertiary/aromatic N) is 3. The highest BCUT2D eigenvalue weighted by Gasteiger charge is 2.27. The Morgan fingerprint density at radius 2 is 1.86 bits per heavy atom. The van der Waals surface area contributed by atoms with Crippen molar-refractivity contribution >= 4 is 22.9 Å². The molecule has 0 radical (unpaired) electrons. The molecule has 2 aromatic rings. The Kier molecular flexibility index (Phi) is 6.10. The molecule has 6 nitrogen and oxygen atoms in total. The maximum Gasteiger partial charge on any atom is 0.410 e. The first-order valence-corrected chi connectivity index (χ1v) is 10.2. The van der Waals surface area contributed by atoms with Gasteiger partial charge < -0.3 is 14.5 Å². The summed E-state index contributed by atoms with van der Waals surface area (Å²) in [6.45, 7) is 9.56. The Hall–Kier alpha value is -2.63. The van der Waals surface area contributed by atoms with Gasteiger partial charge in [-0.05, 0) is 58.6 Å². The number of ether oxygens (including phenoxy) is 1. The number of pyridine rings is 1. The van der Waals surface area contributed by atoms with Crippen molar-refractivity contribution < 1.29 is 14.3 Å². The molecule has 6 heteroatoms. The van der Waals surface area contributed by atoms with Crippen molar-refractivity contribution in [3.05, 3.63) is 41.6 Å².